The van der Waals surface area contributed by atoms with Crippen molar-refractivity contribution < 1.29 is 27.2 Å². The van der Waals surface area contributed by atoms with Crippen molar-refractivity contribution in [1.82, 2.24) is 0 Å². The van der Waals surface area contributed by atoms with Crippen molar-refractivity contribution in [1.29, 1.82) is 0 Å². The monoisotopic (exact) mass is 454 g/mol. The molecule has 2 rings (SSSR count). The number of rotatable bonds is 13. The van der Waals surface area contributed by atoms with E-state index in [9.17, 15) is 9.13 Å². The molecule has 30 heavy (non-hydrogen) atoms. The highest BCUT2D eigenvalue weighted by atomic mass is 31.2. The summed E-state index contributed by atoms with van der Waals surface area (Å²) in [5.41, 5.74) is 1.35. The zero-order chi connectivity index (χ0) is 22.1. The van der Waals surface area contributed by atoms with E-state index in [0.717, 1.165) is 5.56 Å². The van der Waals surface area contributed by atoms with Crippen LogP contribution in [0.25, 0.3) is 0 Å². The van der Waals surface area contributed by atoms with E-state index < -0.39 is 20.1 Å². The molecule has 166 valence electrons. The lowest BCUT2D eigenvalue weighted by atomic mass is 10.0. The number of benzene rings is 2. The number of hydrogen-bond donors (Lipinski definition) is 0. The van der Waals surface area contributed by atoms with Gasteiger partial charge in [-0.3, -0.25) is 9.13 Å². The molecule has 0 saturated carbocycles. The van der Waals surface area contributed by atoms with Gasteiger partial charge in [0.15, 0.2) is 0 Å². The molecule has 0 unspecified atom stereocenters. The fraction of sp³-hybridized carbons (Fsp3) is 0.455. The third kappa shape index (κ3) is 4.96. The van der Waals surface area contributed by atoms with E-state index in [4.69, 9.17) is 18.1 Å². The van der Waals surface area contributed by atoms with E-state index in [2.05, 4.69) is 0 Å². The molecule has 0 heterocycles. The van der Waals surface area contributed by atoms with Crippen molar-refractivity contribution in [2.75, 3.05) is 26.4 Å². The molecule has 0 aromatic heterocycles. The molecule has 0 atom stereocenters. The van der Waals surface area contributed by atoms with E-state index in [1.165, 1.54) is 0 Å². The Balaban J connectivity index is 2.93. The zero-order valence-corrected chi connectivity index (χ0v) is 19.9. The molecular formula is C22H32O6P2. The van der Waals surface area contributed by atoms with Gasteiger partial charge in [0.1, 0.15) is 0 Å². The Morgan fingerprint density at radius 1 is 0.633 bits per heavy atom. The lowest BCUT2D eigenvalue weighted by Gasteiger charge is -2.42. The Hall–Kier alpha value is -1.26. The molecule has 0 spiro atoms. The predicted octanol–water partition coefficient (Wildman–Crippen LogP) is 6.61. The van der Waals surface area contributed by atoms with Gasteiger partial charge < -0.3 is 18.1 Å². The Morgan fingerprint density at radius 3 is 1.37 bits per heavy atom. The first-order chi connectivity index (χ1) is 14.4. The van der Waals surface area contributed by atoms with Crippen LogP contribution in [0.2, 0.25) is 0 Å². The van der Waals surface area contributed by atoms with Crippen LogP contribution < -0.4 is 0 Å². The van der Waals surface area contributed by atoms with Gasteiger partial charge in [0.25, 0.3) is 0 Å². The fourth-order valence-electron chi connectivity index (χ4n) is 3.53. The van der Waals surface area contributed by atoms with Gasteiger partial charge in [-0.25, -0.2) is 0 Å². The molecule has 0 amide bonds. The van der Waals surface area contributed by atoms with Crippen LogP contribution in [0.1, 0.15) is 38.8 Å². The van der Waals surface area contributed by atoms with Gasteiger partial charge in [-0.05, 0) is 38.8 Å². The maximum atomic E-state index is 14.5. The second-order valence-electron chi connectivity index (χ2n) is 6.51. The van der Waals surface area contributed by atoms with Gasteiger partial charge in [-0.1, -0.05) is 60.7 Å². The van der Waals surface area contributed by atoms with Crippen LogP contribution in [-0.4, -0.2) is 26.4 Å². The van der Waals surface area contributed by atoms with Gasteiger partial charge >= 0.3 is 15.2 Å². The summed E-state index contributed by atoms with van der Waals surface area (Å²) in [6, 6.07) is 18.4. The first-order valence-electron chi connectivity index (χ1n) is 10.3. The molecule has 0 N–H and O–H groups in total. The first kappa shape index (κ1) is 25.0. The van der Waals surface area contributed by atoms with Crippen molar-refractivity contribution in [2.24, 2.45) is 0 Å². The quantitative estimate of drug-likeness (QED) is 0.317. The van der Waals surface area contributed by atoms with Gasteiger partial charge in [0, 0.05) is 6.42 Å². The van der Waals surface area contributed by atoms with Gasteiger partial charge in [0.2, 0.25) is 4.90 Å². The van der Waals surface area contributed by atoms with E-state index in [1.807, 2.05) is 36.4 Å². The minimum atomic E-state index is -4.04. The molecule has 0 aliphatic rings. The summed E-state index contributed by atoms with van der Waals surface area (Å²) in [4.78, 5) is -1.67. The Morgan fingerprint density at radius 2 is 1.00 bits per heavy atom. The molecule has 0 fully saturated rings. The predicted molar refractivity (Wildman–Crippen MR) is 120 cm³/mol. The molecule has 0 aliphatic heterocycles. The molecule has 0 radical (unpaired) electrons. The Labute approximate surface area is 180 Å². The molecule has 6 nitrogen and oxygen atoms in total. The van der Waals surface area contributed by atoms with Crippen molar-refractivity contribution in [3.8, 4) is 0 Å². The minimum absolute atomic E-state index is 0.104. The summed E-state index contributed by atoms with van der Waals surface area (Å²) in [6.45, 7) is 7.43. The summed E-state index contributed by atoms with van der Waals surface area (Å²) < 4.78 is 52.1. The lowest BCUT2D eigenvalue weighted by Crippen LogP contribution is -2.33. The average molecular weight is 454 g/mol. The highest BCUT2D eigenvalue weighted by Gasteiger charge is 2.66. The highest BCUT2D eigenvalue weighted by Crippen LogP contribution is 2.83. The number of hydrogen-bond acceptors (Lipinski definition) is 6. The van der Waals surface area contributed by atoms with E-state index in [0.29, 0.717) is 5.56 Å². The Kier molecular flexibility index (Phi) is 9.49. The largest absolute Gasteiger partial charge is 0.353 e. The second kappa shape index (κ2) is 11.4. The van der Waals surface area contributed by atoms with Crippen LogP contribution in [0.4, 0.5) is 0 Å². The fourth-order valence-corrected chi connectivity index (χ4v) is 9.47. The third-order valence-corrected chi connectivity index (χ3v) is 11.1. The second-order valence-corrected chi connectivity index (χ2v) is 11.4. The van der Waals surface area contributed by atoms with Crippen LogP contribution in [0.5, 0.6) is 0 Å². The summed E-state index contributed by atoms with van der Waals surface area (Å²) in [7, 11) is -8.08. The van der Waals surface area contributed by atoms with Crippen molar-refractivity contribution in [3.05, 3.63) is 71.8 Å². The van der Waals surface area contributed by atoms with Crippen LogP contribution in [0, 0.1) is 0 Å². The van der Waals surface area contributed by atoms with Crippen molar-refractivity contribution in [3.63, 3.8) is 0 Å². The van der Waals surface area contributed by atoms with Crippen LogP contribution in [-0.2, 0) is 38.5 Å². The lowest BCUT2D eigenvalue weighted by molar-refractivity contribution is 0.176. The third-order valence-electron chi connectivity index (χ3n) is 4.63. The average Bonchev–Trinajstić information content (AvgIpc) is 2.74. The van der Waals surface area contributed by atoms with Gasteiger partial charge in [-0.2, -0.15) is 0 Å². The van der Waals surface area contributed by atoms with Crippen molar-refractivity contribution in [2.45, 2.75) is 39.0 Å². The summed E-state index contributed by atoms with van der Waals surface area (Å²) >= 11 is 0. The topological polar surface area (TPSA) is 71.1 Å². The van der Waals surface area contributed by atoms with Crippen LogP contribution in [0.3, 0.4) is 0 Å². The van der Waals surface area contributed by atoms with Crippen molar-refractivity contribution >= 4 is 15.2 Å². The summed E-state index contributed by atoms with van der Waals surface area (Å²) in [6.07, 6.45) is 0.104. The normalized spacial score (nSPS) is 12.8. The molecule has 2 aromatic carbocycles. The molecule has 0 saturated heterocycles. The zero-order valence-electron chi connectivity index (χ0n) is 18.2. The highest BCUT2D eigenvalue weighted by molar-refractivity contribution is 7.73. The summed E-state index contributed by atoms with van der Waals surface area (Å²) in [5, 5.41) is 0. The van der Waals surface area contributed by atoms with Gasteiger partial charge in [-0.15, -0.1) is 0 Å². The molecular weight excluding hydrogens is 422 g/mol. The standard InChI is InChI=1S/C22H32O6P2/c1-5-25-29(23,26-6-2)22(21-17-13-10-14-18-21,19-20-15-11-9-12-16-20)30(24,27-7-3)28-8-4/h9-18H,5-8,19H2,1-4H3. The SMILES string of the molecule is CCOP(=O)(OCC)C(Cc1ccccc1)(c1ccccc1)P(=O)(OCC)OCC. The summed E-state index contributed by atoms with van der Waals surface area (Å²) in [5.74, 6) is 0. The van der Waals surface area contributed by atoms with Crippen LogP contribution >= 0.6 is 15.2 Å². The minimum Gasteiger partial charge on any atom is -0.308 e. The maximum absolute atomic E-state index is 14.5. The van der Waals surface area contributed by atoms with Crippen LogP contribution in [0.15, 0.2) is 60.7 Å². The molecule has 0 bridgehead atoms. The Bertz CT molecular complexity index is 806. The molecule has 2 aromatic rings. The molecule has 0 aliphatic carbocycles. The molecule has 8 heteroatoms. The first-order valence-corrected chi connectivity index (χ1v) is 13.4. The smallest absolute Gasteiger partial charge is 0.308 e. The van der Waals surface area contributed by atoms with Gasteiger partial charge in [0.05, 0.1) is 26.4 Å². The van der Waals surface area contributed by atoms with E-state index >= 15 is 0 Å². The van der Waals surface area contributed by atoms with E-state index in [-0.39, 0.29) is 32.8 Å². The maximum Gasteiger partial charge on any atom is 0.353 e. The van der Waals surface area contributed by atoms with E-state index in [1.54, 1.807) is 52.0 Å².